The fraction of sp³-hybridized carbons (Fsp3) is 0.316. The number of rotatable bonds is 5. The summed E-state index contributed by atoms with van der Waals surface area (Å²) in [6.07, 6.45) is 3.63. The standard InChI is InChI=1S/C19H20ClN3O2/c1-3-4-13-5-8-15(9-6-13)19(2)17(24)23(18(25)22-19)12-14-7-10-16(20)21-11-14/h5-11H,3-4,12H2,1-2H3,(H,22,25). The van der Waals surface area contributed by atoms with Crippen molar-refractivity contribution < 1.29 is 9.59 Å². The Bertz CT molecular complexity index is 789. The summed E-state index contributed by atoms with van der Waals surface area (Å²) in [6.45, 7) is 4.03. The molecule has 1 aromatic heterocycles. The van der Waals surface area contributed by atoms with Crippen molar-refractivity contribution in [1.82, 2.24) is 15.2 Å². The van der Waals surface area contributed by atoms with Gasteiger partial charge < -0.3 is 5.32 Å². The molecule has 1 unspecified atom stereocenters. The molecule has 3 amide bonds. The molecule has 1 aliphatic heterocycles. The molecular weight excluding hydrogens is 338 g/mol. The number of nitrogens with zero attached hydrogens (tertiary/aromatic N) is 2. The lowest BCUT2D eigenvalue weighted by Crippen LogP contribution is -2.40. The Labute approximate surface area is 152 Å². The number of urea groups is 1. The van der Waals surface area contributed by atoms with Gasteiger partial charge in [0.25, 0.3) is 5.91 Å². The molecule has 1 aromatic carbocycles. The lowest BCUT2D eigenvalue weighted by Gasteiger charge is -2.22. The van der Waals surface area contributed by atoms with Crippen LogP contribution >= 0.6 is 11.6 Å². The van der Waals surface area contributed by atoms with E-state index in [1.807, 2.05) is 24.3 Å². The predicted octanol–water partition coefficient (Wildman–Crippen LogP) is 3.65. The maximum Gasteiger partial charge on any atom is 0.325 e. The van der Waals surface area contributed by atoms with Gasteiger partial charge in [0.1, 0.15) is 10.7 Å². The smallest absolute Gasteiger partial charge is 0.319 e. The number of benzene rings is 1. The van der Waals surface area contributed by atoms with Crippen LogP contribution in [-0.4, -0.2) is 21.8 Å². The maximum atomic E-state index is 12.9. The Balaban J connectivity index is 1.82. The molecule has 1 fully saturated rings. The van der Waals surface area contributed by atoms with Crippen molar-refractivity contribution in [3.05, 3.63) is 64.4 Å². The molecule has 0 spiro atoms. The first-order valence-corrected chi connectivity index (χ1v) is 8.66. The molecule has 0 bridgehead atoms. The van der Waals surface area contributed by atoms with E-state index in [0.717, 1.165) is 24.0 Å². The van der Waals surface area contributed by atoms with Crippen LogP contribution in [0.15, 0.2) is 42.6 Å². The monoisotopic (exact) mass is 357 g/mol. The molecule has 2 aromatic rings. The Kier molecular flexibility index (Phi) is 4.77. The van der Waals surface area contributed by atoms with Gasteiger partial charge in [-0.1, -0.05) is 55.3 Å². The highest BCUT2D eigenvalue weighted by Gasteiger charge is 2.48. The van der Waals surface area contributed by atoms with Gasteiger partial charge in [-0.25, -0.2) is 9.78 Å². The number of amides is 3. The van der Waals surface area contributed by atoms with Crippen LogP contribution in [0.2, 0.25) is 5.15 Å². The summed E-state index contributed by atoms with van der Waals surface area (Å²) in [5.41, 5.74) is 1.69. The fourth-order valence-electron chi connectivity index (χ4n) is 3.01. The van der Waals surface area contributed by atoms with Gasteiger partial charge in [-0.05, 0) is 36.1 Å². The molecule has 1 atom stereocenters. The minimum Gasteiger partial charge on any atom is -0.319 e. The van der Waals surface area contributed by atoms with Crippen LogP contribution in [0.5, 0.6) is 0 Å². The van der Waals surface area contributed by atoms with Crippen molar-refractivity contribution in [2.75, 3.05) is 0 Å². The van der Waals surface area contributed by atoms with Gasteiger partial charge in [-0.3, -0.25) is 9.69 Å². The SMILES string of the molecule is CCCc1ccc(C2(C)NC(=O)N(Cc3ccc(Cl)nc3)C2=O)cc1. The summed E-state index contributed by atoms with van der Waals surface area (Å²) in [5.74, 6) is -0.268. The molecule has 5 nitrogen and oxygen atoms in total. The third-order valence-corrected chi connectivity index (χ3v) is 4.70. The average Bonchev–Trinajstić information content (AvgIpc) is 2.82. The molecule has 0 aliphatic carbocycles. The van der Waals surface area contributed by atoms with Crippen molar-refractivity contribution >= 4 is 23.5 Å². The maximum absolute atomic E-state index is 12.9. The van der Waals surface area contributed by atoms with E-state index in [9.17, 15) is 9.59 Å². The number of pyridine rings is 1. The molecule has 25 heavy (non-hydrogen) atoms. The first-order valence-electron chi connectivity index (χ1n) is 8.28. The van der Waals surface area contributed by atoms with Crippen molar-refractivity contribution in [2.24, 2.45) is 0 Å². The van der Waals surface area contributed by atoms with E-state index in [1.54, 1.807) is 25.3 Å². The lowest BCUT2D eigenvalue weighted by atomic mass is 9.91. The second-order valence-electron chi connectivity index (χ2n) is 6.38. The van der Waals surface area contributed by atoms with Crippen molar-refractivity contribution in [2.45, 2.75) is 38.8 Å². The van der Waals surface area contributed by atoms with E-state index in [2.05, 4.69) is 17.2 Å². The molecule has 1 N–H and O–H groups in total. The number of halogens is 1. The van der Waals surface area contributed by atoms with E-state index in [4.69, 9.17) is 11.6 Å². The van der Waals surface area contributed by atoms with Gasteiger partial charge in [0.05, 0.1) is 6.54 Å². The Morgan fingerprint density at radius 1 is 1.12 bits per heavy atom. The quantitative estimate of drug-likeness (QED) is 0.656. The zero-order valence-electron chi connectivity index (χ0n) is 14.3. The van der Waals surface area contributed by atoms with E-state index in [1.165, 1.54) is 10.5 Å². The minimum absolute atomic E-state index is 0.165. The van der Waals surface area contributed by atoms with Crippen molar-refractivity contribution in [3.63, 3.8) is 0 Å². The molecule has 2 heterocycles. The van der Waals surface area contributed by atoms with Crippen LogP contribution in [-0.2, 0) is 23.3 Å². The van der Waals surface area contributed by atoms with Crippen LogP contribution < -0.4 is 5.32 Å². The van der Waals surface area contributed by atoms with E-state index in [-0.39, 0.29) is 12.5 Å². The summed E-state index contributed by atoms with van der Waals surface area (Å²) in [4.78, 5) is 30.5. The molecule has 0 saturated carbocycles. The summed E-state index contributed by atoms with van der Waals surface area (Å²) in [7, 11) is 0. The molecule has 0 radical (unpaired) electrons. The highest BCUT2D eigenvalue weighted by Crippen LogP contribution is 2.30. The van der Waals surface area contributed by atoms with E-state index >= 15 is 0 Å². The first-order chi connectivity index (χ1) is 11.9. The van der Waals surface area contributed by atoms with Crippen molar-refractivity contribution in [1.29, 1.82) is 0 Å². The number of imide groups is 1. The summed E-state index contributed by atoms with van der Waals surface area (Å²) in [6, 6.07) is 10.8. The van der Waals surface area contributed by atoms with Crippen LogP contribution in [0.3, 0.4) is 0 Å². The van der Waals surface area contributed by atoms with Gasteiger partial charge in [0.15, 0.2) is 0 Å². The summed E-state index contributed by atoms with van der Waals surface area (Å²) in [5, 5.41) is 3.19. The number of hydrogen-bond acceptors (Lipinski definition) is 3. The molecule has 1 aliphatic rings. The van der Waals surface area contributed by atoms with Gasteiger partial charge in [-0.15, -0.1) is 0 Å². The number of aryl methyl sites for hydroxylation is 1. The zero-order chi connectivity index (χ0) is 18.0. The summed E-state index contributed by atoms with van der Waals surface area (Å²) >= 11 is 5.78. The Morgan fingerprint density at radius 3 is 2.40 bits per heavy atom. The molecule has 1 saturated heterocycles. The van der Waals surface area contributed by atoms with Crippen LogP contribution in [0.25, 0.3) is 0 Å². The third kappa shape index (κ3) is 3.37. The summed E-state index contributed by atoms with van der Waals surface area (Å²) < 4.78 is 0. The van der Waals surface area contributed by atoms with Crippen LogP contribution in [0, 0.1) is 0 Å². The third-order valence-electron chi connectivity index (χ3n) is 4.47. The average molecular weight is 358 g/mol. The van der Waals surface area contributed by atoms with Gasteiger partial charge in [0.2, 0.25) is 0 Å². The number of carbonyl (C=O) groups is 2. The topological polar surface area (TPSA) is 62.3 Å². The zero-order valence-corrected chi connectivity index (χ0v) is 15.0. The number of nitrogens with one attached hydrogen (secondary N) is 1. The van der Waals surface area contributed by atoms with Gasteiger partial charge in [-0.2, -0.15) is 0 Å². The molecule has 6 heteroatoms. The number of aromatic nitrogens is 1. The number of hydrogen-bond donors (Lipinski definition) is 1. The highest BCUT2D eigenvalue weighted by molar-refractivity contribution is 6.29. The van der Waals surface area contributed by atoms with Crippen molar-refractivity contribution in [3.8, 4) is 0 Å². The molecule has 130 valence electrons. The minimum atomic E-state index is -1.05. The Hall–Kier alpha value is -2.40. The molecule has 3 rings (SSSR count). The lowest BCUT2D eigenvalue weighted by molar-refractivity contribution is -0.131. The number of carbonyl (C=O) groups excluding carboxylic acids is 2. The van der Waals surface area contributed by atoms with Crippen LogP contribution in [0.1, 0.15) is 37.0 Å². The first kappa shape index (κ1) is 17.4. The second kappa shape index (κ2) is 6.84. The predicted molar refractivity (Wildman–Crippen MR) is 96.1 cm³/mol. The fourth-order valence-corrected chi connectivity index (χ4v) is 3.12. The van der Waals surface area contributed by atoms with Gasteiger partial charge in [0, 0.05) is 6.20 Å². The van der Waals surface area contributed by atoms with Crippen LogP contribution in [0.4, 0.5) is 4.79 Å². The largest absolute Gasteiger partial charge is 0.325 e. The van der Waals surface area contributed by atoms with E-state index in [0.29, 0.717) is 5.15 Å². The normalized spacial score (nSPS) is 20.0. The second-order valence-corrected chi connectivity index (χ2v) is 6.77. The molecular formula is C19H20ClN3O2. The highest BCUT2D eigenvalue weighted by atomic mass is 35.5. The van der Waals surface area contributed by atoms with E-state index < -0.39 is 11.6 Å². The Morgan fingerprint density at radius 2 is 1.80 bits per heavy atom. The van der Waals surface area contributed by atoms with Gasteiger partial charge >= 0.3 is 6.03 Å².